The molecule has 2 aliphatic rings. The van der Waals surface area contributed by atoms with Gasteiger partial charge in [-0.15, -0.1) is 0 Å². The molecule has 1 unspecified atom stereocenters. The van der Waals surface area contributed by atoms with Crippen LogP contribution in [0.4, 0.5) is 5.69 Å². The number of nitrogens with zero attached hydrogens (tertiary/aromatic N) is 1. The monoisotopic (exact) mass is 384 g/mol. The van der Waals surface area contributed by atoms with Gasteiger partial charge < -0.3 is 29.2 Å². The van der Waals surface area contributed by atoms with Gasteiger partial charge in [-0.25, -0.2) is 0 Å². The first-order valence-electron chi connectivity index (χ1n) is 9.99. The van der Waals surface area contributed by atoms with E-state index >= 15 is 0 Å². The first kappa shape index (κ1) is 18.7. The third kappa shape index (κ3) is 4.62. The second-order valence-corrected chi connectivity index (χ2v) is 7.16. The fourth-order valence-corrected chi connectivity index (χ4v) is 3.39. The number of ether oxygens (including phenoxy) is 4. The minimum atomic E-state index is 0.0503. The van der Waals surface area contributed by atoms with Gasteiger partial charge in [-0.3, -0.25) is 0 Å². The van der Waals surface area contributed by atoms with Gasteiger partial charge in [0.05, 0.1) is 13.2 Å². The standard InChI is InChI=1S/C22H28N2O4/c1-24(17-8-9-20-22(14-17)26-13-5-12-25-20)11-4-10-23-15-18-16-27-19-6-2-3-7-21(19)28-18/h2-3,6-9,14,18,23H,4-5,10-13,15-16H2,1H3. The topological polar surface area (TPSA) is 52.2 Å². The van der Waals surface area contributed by atoms with Crippen molar-refractivity contribution in [2.24, 2.45) is 0 Å². The molecule has 1 atom stereocenters. The predicted octanol–water partition coefficient (Wildman–Crippen LogP) is 3.10. The molecule has 0 bridgehead atoms. The smallest absolute Gasteiger partial charge is 0.163 e. The van der Waals surface area contributed by atoms with Crippen LogP contribution in [-0.4, -0.2) is 52.6 Å². The molecular weight excluding hydrogens is 356 g/mol. The van der Waals surface area contributed by atoms with Crippen molar-refractivity contribution in [3.63, 3.8) is 0 Å². The van der Waals surface area contributed by atoms with Gasteiger partial charge in [-0.05, 0) is 37.2 Å². The van der Waals surface area contributed by atoms with Crippen LogP contribution in [0.1, 0.15) is 12.8 Å². The van der Waals surface area contributed by atoms with Crippen molar-refractivity contribution in [2.45, 2.75) is 18.9 Å². The number of rotatable bonds is 7. The van der Waals surface area contributed by atoms with Crippen LogP contribution in [0.15, 0.2) is 42.5 Å². The Bertz CT molecular complexity index is 783. The molecule has 2 aromatic carbocycles. The van der Waals surface area contributed by atoms with E-state index in [0.717, 1.165) is 67.8 Å². The van der Waals surface area contributed by atoms with E-state index in [1.54, 1.807) is 0 Å². The van der Waals surface area contributed by atoms with Crippen LogP contribution in [0.5, 0.6) is 23.0 Å². The molecule has 0 spiro atoms. The molecule has 4 rings (SSSR count). The van der Waals surface area contributed by atoms with Crippen LogP contribution in [0.3, 0.4) is 0 Å². The summed E-state index contributed by atoms with van der Waals surface area (Å²) in [6.07, 6.45) is 2.01. The van der Waals surface area contributed by atoms with Crippen molar-refractivity contribution in [1.82, 2.24) is 5.32 Å². The van der Waals surface area contributed by atoms with Crippen LogP contribution in [-0.2, 0) is 0 Å². The third-order valence-electron chi connectivity index (χ3n) is 4.96. The summed E-state index contributed by atoms with van der Waals surface area (Å²) in [4.78, 5) is 2.24. The molecule has 1 N–H and O–H groups in total. The zero-order valence-electron chi connectivity index (χ0n) is 16.4. The number of fused-ring (bicyclic) bond motifs is 2. The molecule has 0 radical (unpaired) electrons. The number of nitrogens with one attached hydrogen (secondary N) is 1. The highest BCUT2D eigenvalue weighted by molar-refractivity contribution is 5.56. The molecule has 0 amide bonds. The van der Waals surface area contributed by atoms with Gasteiger partial charge in [0.25, 0.3) is 0 Å². The van der Waals surface area contributed by atoms with E-state index in [4.69, 9.17) is 18.9 Å². The lowest BCUT2D eigenvalue weighted by molar-refractivity contribution is 0.0905. The summed E-state index contributed by atoms with van der Waals surface area (Å²) in [5.41, 5.74) is 1.14. The fourth-order valence-electron chi connectivity index (χ4n) is 3.39. The quantitative estimate of drug-likeness (QED) is 0.741. The SMILES string of the molecule is CN(CCCNCC1COc2ccccc2O1)c1ccc2c(c1)OCCCO2. The van der Waals surface area contributed by atoms with Crippen molar-refractivity contribution in [3.05, 3.63) is 42.5 Å². The highest BCUT2D eigenvalue weighted by atomic mass is 16.6. The van der Waals surface area contributed by atoms with Gasteiger partial charge in [0.2, 0.25) is 0 Å². The molecule has 150 valence electrons. The maximum Gasteiger partial charge on any atom is 0.163 e. The molecule has 0 aliphatic carbocycles. The van der Waals surface area contributed by atoms with Gasteiger partial charge in [-0.2, -0.15) is 0 Å². The zero-order valence-corrected chi connectivity index (χ0v) is 16.4. The highest BCUT2D eigenvalue weighted by Gasteiger charge is 2.20. The van der Waals surface area contributed by atoms with E-state index in [-0.39, 0.29) is 6.10 Å². The van der Waals surface area contributed by atoms with Crippen LogP contribution >= 0.6 is 0 Å². The summed E-state index contributed by atoms with van der Waals surface area (Å²) >= 11 is 0. The molecule has 2 heterocycles. The Labute approximate surface area is 166 Å². The van der Waals surface area contributed by atoms with E-state index in [1.807, 2.05) is 30.3 Å². The second-order valence-electron chi connectivity index (χ2n) is 7.16. The van der Waals surface area contributed by atoms with Crippen LogP contribution in [0.2, 0.25) is 0 Å². The Morgan fingerprint density at radius 1 is 0.964 bits per heavy atom. The van der Waals surface area contributed by atoms with Gasteiger partial charge in [-0.1, -0.05) is 12.1 Å². The van der Waals surface area contributed by atoms with Crippen molar-refractivity contribution < 1.29 is 18.9 Å². The number of benzene rings is 2. The zero-order chi connectivity index (χ0) is 19.2. The fraction of sp³-hybridized carbons (Fsp3) is 0.455. The molecule has 28 heavy (non-hydrogen) atoms. The molecular formula is C22H28N2O4. The number of hydrogen-bond donors (Lipinski definition) is 1. The lowest BCUT2D eigenvalue weighted by Crippen LogP contribution is -2.39. The lowest BCUT2D eigenvalue weighted by atomic mass is 10.2. The molecule has 6 nitrogen and oxygen atoms in total. The van der Waals surface area contributed by atoms with Crippen LogP contribution in [0.25, 0.3) is 0 Å². The average molecular weight is 384 g/mol. The van der Waals surface area contributed by atoms with E-state index in [9.17, 15) is 0 Å². The maximum atomic E-state index is 5.97. The van der Waals surface area contributed by atoms with Gasteiger partial charge in [0.15, 0.2) is 23.0 Å². The predicted molar refractivity (Wildman–Crippen MR) is 109 cm³/mol. The van der Waals surface area contributed by atoms with Gasteiger partial charge in [0.1, 0.15) is 12.7 Å². The molecule has 0 saturated heterocycles. The summed E-state index contributed by atoms with van der Waals surface area (Å²) in [7, 11) is 2.11. The van der Waals surface area contributed by atoms with Crippen molar-refractivity contribution in [1.29, 1.82) is 0 Å². The van der Waals surface area contributed by atoms with E-state index in [0.29, 0.717) is 13.2 Å². The van der Waals surface area contributed by atoms with Crippen molar-refractivity contribution in [2.75, 3.05) is 51.4 Å². The third-order valence-corrected chi connectivity index (χ3v) is 4.96. The minimum Gasteiger partial charge on any atom is -0.490 e. The Morgan fingerprint density at radius 3 is 2.64 bits per heavy atom. The Morgan fingerprint density at radius 2 is 1.75 bits per heavy atom. The Hall–Kier alpha value is -2.60. The largest absolute Gasteiger partial charge is 0.490 e. The molecule has 0 fully saturated rings. The molecule has 0 aromatic heterocycles. The number of para-hydroxylation sites is 2. The molecule has 2 aromatic rings. The van der Waals surface area contributed by atoms with Crippen molar-refractivity contribution >= 4 is 5.69 Å². The number of anilines is 1. The first-order valence-corrected chi connectivity index (χ1v) is 9.99. The van der Waals surface area contributed by atoms with Crippen LogP contribution in [0, 0.1) is 0 Å². The summed E-state index contributed by atoms with van der Waals surface area (Å²) in [6.45, 7) is 4.67. The van der Waals surface area contributed by atoms with E-state index in [2.05, 4.69) is 29.4 Å². The van der Waals surface area contributed by atoms with E-state index in [1.165, 1.54) is 0 Å². The summed E-state index contributed by atoms with van der Waals surface area (Å²) in [5, 5.41) is 3.47. The van der Waals surface area contributed by atoms with Gasteiger partial charge >= 0.3 is 0 Å². The summed E-state index contributed by atoms with van der Waals surface area (Å²) in [6, 6.07) is 14.0. The summed E-state index contributed by atoms with van der Waals surface area (Å²) < 4.78 is 23.2. The normalized spacial score (nSPS) is 17.7. The van der Waals surface area contributed by atoms with Gasteiger partial charge in [0, 0.05) is 38.3 Å². The minimum absolute atomic E-state index is 0.0503. The summed E-state index contributed by atoms with van der Waals surface area (Å²) in [5.74, 6) is 3.34. The first-order chi connectivity index (χ1) is 13.8. The second kappa shape index (κ2) is 9.06. The van der Waals surface area contributed by atoms with Crippen molar-refractivity contribution in [3.8, 4) is 23.0 Å². The van der Waals surface area contributed by atoms with Crippen LogP contribution < -0.4 is 29.2 Å². The Kier molecular flexibility index (Phi) is 6.07. The average Bonchev–Trinajstić information content (AvgIpc) is 2.98. The Balaban J connectivity index is 1.18. The lowest BCUT2D eigenvalue weighted by Gasteiger charge is -2.26. The molecule has 0 saturated carbocycles. The van der Waals surface area contributed by atoms with E-state index < -0.39 is 0 Å². The highest BCUT2D eigenvalue weighted by Crippen LogP contribution is 2.33. The maximum absolute atomic E-state index is 5.97. The number of hydrogen-bond acceptors (Lipinski definition) is 6. The molecule has 6 heteroatoms. The molecule has 2 aliphatic heterocycles.